The fraction of sp³-hybridized carbons (Fsp3) is 0.467. The molecule has 0 atom stereocenters. The number of fused-ring (bicyclic) bond motifs is 1. The van der Waals surface area contributed by atoms with E-state index in [1.54, 1.807) is 17.7 Å². The molecular weight excluding hydrogens is 310 g/mol. The summed E-state index contributed by atoms with van der Waals surface area (Å²) in [5.74, 6) is 0.990. The zero-order valence-corrected chi connectivity index (χ0v) is 14.1. The van der Waals surface area contributed by atoms with Crippen molar-refractivity contribution in [3.63, 3.8) is 0 Å². The van der Waals surface area contributed by atoms with Crippen LogP contribution in [-0.4, -0.2) is 62.9 Å². The molecule has 3 aromatic rings. The summed E-state index contributed by atoms with van der Waals surface area (Å²) in [4.78, 5) is 18.1. The summed E-state index contributed by atoms with van der Waals surface area (Å²) < 4.78 is 1.91. The van der Waals surface area contributed by atoms with Crippen LogP contribution in [-0.2, 0) is 6.54 Å². The quantitative estimate of drug-likeness (QED) is 0.724. The van der Waals surface area contributed by atoms with E-state index in [0.29, 0.717) is 6.54 Å². The van der Waals surface area contributed by atoms with E-state index in [2.05, 4.69) is 42.3 Å². The molecule has 4 rings (SSSR count). The van der Waals surface area contributed by atoms with E-state index >= 15 is 0 Å². The molecule has 0 radical (unpaired) electrons. The van der Waals surface area contributed by atoms with Crippen LogP contribution in [0.5, 0.6) is 0 Å². The first-order chi connectivity index (χ1) is 11.2. The molecule has 0 amide bonds. The maximum Gasteiger partial charge on any atom is 0.163 e. The van der Waals surface area contributed by atoms with Crippen LogP contribution >= 0.6 is 11.3 Å². The fourth-order valence-electron chi connectivity index (χ4n) is 2.90. The highest BCUT2D eigenvalue weighted by atomic mass is 32.1. The van der Waals surface area contributed by atoms with Gasteiger partial charge in [0, 0.05) is 31.6 Å². The number of likely N-dealkylation sites (N-methyl/N-ethyl adjacent to an activating group) is 1. The summed E-state index contributed by atoms with van der Waals surface area (Å²) in [6.45, 7) is 6.74. The third-order valence-corrected chi connectivity index (χ3v) is 5.02. The number of piperazine rings is 1. The lowest BCUT2D eigenvalue weighted by Crippen LogP contribution is -2.44. The Hall–Kier alpha value is -2.06. The van der Waals surface area contributed by atoms with Gasteiger partial charge >= 0.3 is 0 Å². The molecule has 0 unspecified atom stereocenters. The van der Waals surface area contributed by atoms with Crippen LogP contribution in [0.1, 0.15) is 10.7 Å². The largest absolute Gasteiger partial charge is 0.353 e. The fourth-order valence-corrected chi connectivity index (χ4v) is 3.50. The second-order valence-corrected chi connectivity index (χ2v) is 6.95. The minimum Gasteiger partial charge on any atom is -0.353 e. The molecule has 0 saturated carbocycles. The van der Waals surface area contributed by atoms with Gasteiger partial charge in [-0.3, -0.25) is 0 Å². The van der Waals surface area contributed by atoms with Crippen molar-refractivity contribution in [2.75, 3.05) is 38.1 Å². The molecule has 0 N–H and O–H groups in total. The monoisotopic (exact) mass is 329 g/mol. The Bertz CT molecular complexity index is 816. The van der Waals surface area contributed by atoms with Crippen LogP contribution in [0.3, 0.4) is 0 Å². The van der Waals surface area contributed by atoms with E-state index < -0.39 is 0 Å². The number of thiazole rings is 1. The van der Waals surface area contributed by atoms with E-state index in [1.165, 1.54) is 0 Å². The van der Waals surface area contributed by atoms with E-state index in [4.69, 9.17) is 0 Å². The van der Waals surface area contributed by atoms with Gasteiger partial charge in [0.15, 0.2) is 5.65 Å². The van der Waals surface area contributed by atoms with E-state index in [0.717, 1.165) is 53.7 Å². The average molecular weight is 329 g/mol. The van der Waals surface area contributed by atoms with Gasteiger partial charge < -0.3 is 9.80 Å². The van der Waals surface area contributed by atoms with Gasteiger partial charge in [0.2, 0.25) is 0 Å². The van der Waals surface area contributed by atoms with Gasteiger partial charge in [-0.25, -0.2) is 19.6 Å². The second kappa shape index (κ2) is 5.86. The molecule has 7 nitrogen and oxygen atoms in total. The van der Waals surface area contributed by atoms with Crippen molar-refractivity contribution in [1.82, 2.24) is 29.6 Å². The molecule has 0 spiro atoms. The van der Waals surface area contributed by atoms with Crippen LogP contribution < -0.4 is 4.90 Å². The third-order valence-electron chi connectivity index (χ3n) is 4.19. The van der Waals surface area contributed by atoms with Gasteiger partial charge in [0.1, 0.15) is 12.1 Å². The lowest BCUT2D eigenvalue weighted by Gasteiger charge is -2.33. The first kappa shape index (κ1) is 14.5. The third kappa shape index (κ3) is 2.79. The minimum absolute atomic E-state index is 0.646. The van der Waals surface area contributed by atoms with Crippen LogP contribution in [0.4, 0.5) is 5.82 Å². The molecule has 1 fully saturated rings. The molecule has 4 heterocycles. The highest BCUT2D eigenvalue weighted by Gasteiger charge is 2.19. The Kier molecular flexibility index (Phi) is 3.70. The molecule has 1 saturated heterocycles. The summed E-state index contributed by atoms with van der Waals surface area (Å²) in [5.41, 5.74) is 1.90. The first-order valence-corrected chi connectivity index (χ1v) is 8.59. The number of hydrogen-bond acceptors (Lipinski definition) is 7. The molecule has 1 aliphatic heterocycles. The molecule has 0 bridgehead atoms. The predicted octanol–water partition coefficient (Wildman–Crippen LogP) is 1.39. The summed E-state index contributed by atoms with van der Waals surface area (Å²) in [5, 5.41) is 8.68. The van der Waals surface area contributed by atoms with Crippen molar-refractivity contribution in [1.29, 1.82) is 0 Å². The van der Waals surface area contributed by atoms with E-state index in [-0.39, 0.29) is 0 Å². The summed E-state index contributed by atoms with van der Waals surface area (Å²) >= 11 is 1.66. The highest BCUT2D eigenvalue weighted by molar-refractivity contribution is 7.09. The van der Waals surface area contributed by atoms with Crippen molar-refractivity contribution in [2.45, 2.75) is 13.5 Å². The van der Waals surface area contributed by atoms with Gasteiger partial charge in [0.25, 0.3) is 0 Å². The first-order valence-electron chi connectivity index (χ1n) is 7.72. The minimum atomic E-state index is 0.646. The van der Waals surface area contributed by atoms with Gasteiger partial charge in [-0.15, -0.1) is 11.3 Å². The molecular formula is C15H19N7S. The number of hydrogen-bond donors (Lipinski definition) is 0. The van der Waals surface area contributed by atoms with Crippen molar-refractivity contribution in [2.24, 2.45) is 0 Å². The van der Waals surface area contributed by atoms with Gasteiger partial charge in [-0.1, -0.05) is 0 Å². The van der Waals surface area contributed by atoms with E-state index in [9.17, 15) is 0 Å². The maximum atomic E-state index is 4.51. The van der Waals surface area contributed by atoms with Crippen molar-refractivity contribution >= 4 is 28.2 Å². The topological polar surface area (TPSA) is 63.0 Å². The maximum absolute atomic E-state index is 4.51. The van der Waals surface area contributed by atoms with Crippen molar-refractivity contribution in [3.05, 3.63) is 28.6 Å². The lowest BCUT2D eigenvalue weighted by atomic mass is 10.3. The Morgan fingerprint density at radius 3 is 2.74 bits per heavy atom. The SMILES string of the molecule is Cc1nc(Cn2ncc3c(N4CCN(C)CC4)ncnc32)cs1. The highest BCUT2D eigenvalue weighted by Crippen LogP contribution is 2.24. The summed E-state index contributed by atoms with van der Waals surface area (Å²) in [6.07, 6.45) is 3.52. The Morgan fingerprint density at radius 1 is 1.17 bits per heavy atom. The number of nitrogens with zero attached hydrogens (tertiary/aromatic N) is 7. The van der Waals surface area contributed by atoms with Crippen LogP contribution in [0.25, 0.3) is 11.0 Å². The Balaban J connectivity index is 1.66. The normalized spacial score (nSPS) is 16.3. The Morgan fingerprint density at radius 2 is 2.00 bits per heavy atom. The standard InChI is InChI=1S/C15H19N7S/c1-11-19-12(9-23-11)8-22-15-13(7-18-22)14(16-10-17-15)21-5-3-20(2)4-6-21/h7,9-10H,3-6,8H2,1-2H3. The predicted molar refractivity (Wildman–Crippen MR) is 91.0 cm³/mol. The molecule has 8 heteroatoms. The van der Waals surface area contributed by atoms with Crippen LogP contribution in [0, 0.1) is 6.92 Å². The number of aryl methyl sites for hydroxylation is 1. The zero-order valence-electron chi connectivity index (χ0n) is 13.3. The zero-order chi connectivity index (χ0) is 15.8. The lowest BCUT2D eigenvalue weighted by molar-refractivity contribution is 0.312. The second-order valence-electron chi connectivity index (χ2n) is 5.88. The van der Waals surface area contributed by atoms with Crippen molar-refractivity contribution in [3.8, 4) is 0 Å². The van der Waals surface area contributed by atoms with Gasteiger partial charge in [-0.05, 0) is 14.0 Å². The Labute approximate surface area is 138 Å². The molecule has 0 aromatic carbocycles. The smallest absolute Gasteiger partial charge is 0.163 e. The van der Waals surface area contributed by atoms with Crippen LogP contribution in [0.15, 0.2) is 17.9 Å². The van der Waals surface area contributed by atoms with Gasteiger partial charge in [-0.2, -0.15) is 5.10 Å². The molecule has 0 aliphatic carbocycles. The summed E-state index contributed by atoms with van der Waals surface area (Å²) in [7, 11) is 2.15. The van der Waals surface area contributed by atoms with Gasteiger partial charge in [0.05, 0.1) is 28.8 Å². The molecule has 3 aromatic heterocycles. The molecule has 1 aliphatic rings. The number of rotatable bonds is 3. The van der Waals surface area contributed by atoms with Crippen molar-refractivity contribution < 1.29 is 0 Å². The summed E-state index contributed by atoms with van der Waals surface area (Å²) in [6, 6.07) is 0. The number of anilines is 1. The molecule has 23 heavy (non-hydrogen) atoms. The van der Waals surface area contributed by atoms with Crippen LogP contribution in [0.2, 0.25) is 0 Å². The average Bonchev–Trinajstić information content (AvgIpc) is 3.15. The molecule has 120 valence electrons. The van der Waals surface area contributed by atoms with E-state index in [1.807, 2.05) is 17.8 Å². The number of aromatic nitrogens is 5.